The zero-order valence-electron chi connectivity index (χ0n) is 13.6. The number of hydrogen-bond donors (Lipinski definition) is 1. The normalized spacial score (nSPS) is 16.5. The summed E-state index contributed by atoms with van der Waals surface area (Å²) in [6, 6.07) is 21.1. The second kappa shape index (κ2) is 6.28. The minimum atomic E-state index is 0.155. The average Bonchev–Trinajstić information content (AvgIpc) is 2.83. The zero-order chi connectivity index (χ0) is 16.4. The number of para-hydroxylation sites is 2. The number of anilines is 1. The Hall–Kier alpha value is -2.94. The summed E-state index contributed by atoms with van der Waals surface area (Å²) in [5.74, 6) is 0. The van der Waals surface area contributed by atoms with E-state index in [0.29, 0.717) is 0 Å². The molecule has 3 nitrogen and oxygen atoms in total. The number of aliphatic imine (C=N–C) groups is 1. The van der Waals surface area contributed by atoms with E-state index >= 15 is 0 Å². The van der Waals surface area contributed by atoms with E-state index in [9.17, 15) is 0 Å². The van der Waals surface area contributed by atoms with Gasteiger partial charge in [0.25, 0.3) is 0 Å². The van der Waals surface area contributed by atoms with Crippen molar-refractivity contribution < 1.29 is 0 Å². The van der Waals surface area contributed by atoms with Crippen LogP contribution in [-0.4, -0.2) is 10.7 Å². The molecular formula is C21H19N3. The largest absolute Gasteiger partial charge is 0.376 e. The predicted molar refractivity (Wildman–Crippen MR) is 99.0 cm³/mol. The molecule has 1 aliphatic rings. The van der Waals surface area contributed by atoms with Crippen LogP contribution in [0.5, 0.6) is 0 Å². The van der Waals surface area contributed by atoms with E-state index in [1.807, 2.05) is 30.6 Å². The summed E-state index contributed by atoms with van der Waals surface area (Å²) in [6.07, 6.45) is 4.56. The first-order valence-electron chi connectivity index (χ1n) is 8.20. The predicted octanol–water partition coefficient (Wildman–Crippen LogP) is 5.07. The summed E-state index contributed by atoms with van der Waals surface area (Å²) in [5, 5.41) is 3.63. The minimum Gasteiger partial charge on any atom is -0.376 e. The molecule has 4 rings (SSSR count). The minimum absolute atomic E-state index is 0.155. The van der Waals surface area contributed by atoms with Gasteiger partial charge >= 0.3 is 0 Å². The van der Waals surface area contributed by atoms with Crippen LogP contribution in [0.4, 0.5) is 11.4 Å². The maximum absolute atomic E-state index is 4.95. The third-order valence-corrected chi connectivity index (χ3v) is 4.36. The second-order valence-corrected chi connectivity index (χ2v) is 6.13. The monoisotopic (exact) mass is 313 g/mol. The van der Waals surface area contributed by atoms with Crippen molar-refractivity contribution in [1.29, 1.82) is 0 Å². The van der Waals surface area contributed by atoms with Crippen LogP contribution in [0.1, 0.15) is 29.2 Å². The Bertz CT molecular complexity index is 867. The molecule has 0 aliphatic carbocycles. The fourth-order valence-electron chi connectivity index (χ4n) is 3.03. The third-order valence-electron chi connectivity index (χ3n) is 4.36. The average molecular weight is 313 g/mol. The van der Waals surface area contributed by atoms with Gasteiger partial charge in [0.1, 0.15) is 0 Å². The van der Waals surface area contributed by atoms with Crippen molar-refractivity contribution in [2.24, 2.45) is 4.99 Å². The summed E-state index contributed by atoms with van der Waals surface area (Å²) in [6.45, 7) is 2.11. The van der Waals surface area contributed by atoms with Crippen LogP contribution in [0.15, 0.2) is 78.0 Å². The lowest BCUT2D eigenvalue weighted by molar-refractivity contribution is 0.822. The number of rotatable bonds is 2. The summed E-state index contributed by atoms with van der Waals surface area (Å²) in [5.41, 5.74) is 6.76. The van der Waals surface area contributed by atoms with Gasteiger partial charge in [-0.15, -0.1) is 0 Å². The molecule has 0 radical (unpaired) electrons. The van der Waals surface area contributed by atoms with Crippen LogP contribution in [0.25, 0.3) is 0 Å². The number of fused-ring (bicyclic) bond motifs is 1. The Kier molecular flexibility index (Phi) is 3.83. The highest BCUT2D eigenvalue weighted by atomic mass is 15.0. The Morgan fingerprint density at radius 1 is 0.958 bits per heavy atom. The third kappa shape index (κ3) is 2.93. The van der Waals surface area contributed by atoms with E-state index in [1.54, 1.807) is 0 Å². The molecule has 0 fully saturated rings. The lowest BCUT2D eigenvalue weighted by Crippen LogP contribution is -2.14. The van der Waals surface area contributed by atoms with Crippen LogP contribution < -0.4 is 5.32 Å². The van der Waals surface area contributed by atoms with Crippen molar-refractivity contribution >= 4 is 17.1 Å². The molecule has 0 bridgehead atoms. The van der Waals surface area contributed by atoms with Gasteiger partial charge in [-0.25, -0.2) is 0 Å². The molecule has 118 valence electrons. The van der Waals surface area contributed by atoms with Gasteiger partial charge in [0, 0.05) is 18.8 Å². The van der Waals surface area contributed by atoms with E-state index in [2.05, 4.69) is 59.7 Å². The van der Waals surface area contributed by atoms with Gasteiger partial charge in [-0.2, -0.15) is 0 Å². The van der Waals surface area contributed by atoms with E-state index in [-0.39, 0.29) is 6.04 Å². The van der Waals surface area contributed by atoms with Gasteiger partial charge in [0.05, 0.1) is 23.1 Å². The molecule has 0 spiro atoms. The fourth-order valence-corrected chi connectivity index (χ4v) is 3.03. The maximum Gasteiger partial charge on any atom is 0.0864 e. The van der Waals surface area contributed by atoms with Gasteiger partial charge in [0.2, 0.25) is 0 Å². The number of benzene rings is 2. The second-order valence-electron chi connectivity index (χ2n) is 6.13. The van der Waals surface area contributed by atoms with Crippen molar-refractivity contribution in [3.63, 3.8) is 0 Å². The Balaban J connectivity index is 1.80. The number of pyridine rings is 1. The van der Waals surface area contributed by atoms with E-state index < -0.39 is 0 Å². The highest BCUT2D eigenvalue weighted by Crippen LogP contribution is 2.35. The van der Waals surface area contributed by atoms with Gasteiger partial charge in [0.15, 0.2) is 0 Å². The molecular weight excluding hydrogens is 294 g/mol. The molecule has 1 atom stereocenters. The molecule has 3 heteroatoms. The van der Waals surface area contributed by atoms with Gasteiger partial charge < -0.3 is 5.32 Å². The van der Waals surface area contributed by atoms with E-state index in [0.717, 1.165) is 23.5 Å². The molecule has 0 saturated carbocycles. The first kappa shape index (κ1) is 14.6. The van der Waals surface area contributed by atoms with E-state index in [4.69, 9.17) is 4.99 Å². The van der Waals surface area contributed by atoms with Crippen LogP contribution >= 0.6 is 0 Å². The SMILES string of the molecule is Cc1ccc(C2=Nc3ccccc3NC(c3cccnc3)C2)cc1. The Labute approximate surface area is 142 Å². The van der Waals surface area contributed by atoms with Crippen molar-refractivity contribution in [2.45, 2.75) is 19.4 Å². The highest BCUT2D eigenvalue weighted by Gasteiger charge is 2.20. The van der Waals surface area contributed by atoms with Crippen LogP contribution in [-0.2, 0) is 0 Å². The van der Waals surface area contributed by atoms with Crippen LogP contribution in [0.2, 0.25) is 0 Å². The van der Waals surface area contributed by atoms with Crippen LogP contribution in [0, 0.1) is 6.92 Å². The smallest absolute Gasteiger partial charge is 0.0864 e. The Morgan fingerprint density at radius 3 is 2.58 bits per heavy atom. The van der Waals surface area contributed by atoms with Crippen molar-refractivity contribution in [3.05, 3.63) is 89.7 Å². The molecule has 1 N–H and O–H groups in total. The zero-order valence-corrected chi connectivity index (χ0v) is 13.6. The number of nitrogens with one attached hydrogen (secondary N) is 1. The fraction of sp³-hybridized carbons (Fsp3) is 0.143. The first-order valence-corrected chi connectivity index (χ1v) is 8.20. The number of hydrogen-bond acceptors (Lipinski definition) is 3. The molecule has 2 heterocycles. The van der Waals surface area contributed by atoms with Crippen molar-refractivity contribution in [3.8, 4) is 0 Å². The summed E-state index contributed by atoms with van der Waals surface area (Å²) in [4.78, 5) is 9.22. The molecule has 24 heavy (non-hydrogen) atoms. The molecule has 0 amide bonds. The number of aromatic nitrogens is 1. The van der Waals surface area contributed by atoms with E-state index in [1.165, 1.54) is 16.7 Å². The van der Waals surface area contributed by atoms with Gasteiger partial charge in [-0.05, 0) is 36.2 Å². The van der Waals surface area contributed by atoms with Crippen molar-refractivity contribution in [1.82, 2.24) is 4.98 Å². The summed E-state index contributed by atoms with van der Waals surface area (Å²) >= 11 is 0. The summed E-state index contributed by atoms with van der Waals surface area (Å²) in [7, 11) is 0. The topological polar surface area (TPSA) is 37.3 Å². The van der Waals surface area contributed by atoms with Crippen molar-refractivity contribution in [2.75, 3.05) is 5.32 Å². The van der Waals surface area contributed by atoms with Gasteiger partial charge in [-0.3, -0.25) is 9.98 Å². The Morgan fingerprint density at radius 2 is 1.79 bits per heavy atom. The van der Waals surface area contributed by atoms with Gasteiger partial charge in [-0.1, -0.05) is 48.0 Å². The van der Waals surface area contributed by atoms with Crippen LogP contribution in [0.3, 0.4) is 0 Å². The molecule has 1 aromatic heterocycles. The quantitative estimate of drug-likeness (QED) is 0.717. The number of aryl methyl sites for hydroxylation is 1. The highest BCUT2D eigenvalue weighted by molar-refractivity contribution is 6.04. The molecule has 1 aliphatic heterocycles. The molecule has 2 aromatic carbocycles. The summed E-state index contributed by atoms with van der Waals surface area (Å²) < 4.78 is 0. The standard InChI is InChI=1S/C21H19N3/c1-15-8-10-16(11-9-15)20-13-21(17-5-4-12-22-14-17)24-19-7-3-2-6-18(19)23-20/h2-12,14,21,24H,13H2,1H3. The first-order chi connectivity index (χ1) is 11.8. The molecule has 3 aromatic rings. The molecule has 0 saturated heterocycles. The maximum atomic E-state index is 4.95. The number of nitrogens with zero attached hydrogens (tertiary/aromatic N) is 2. The molecule has 1 unspecified atom stereocenters. The lowest BCUT2D eigenvalue weighted by Gasteiger charge is -2.19. The lowest BCUT2D eigenvalue weighted by atomic mass is 9.98.